The lowest BCUT2D eigenvalue weighted by Gasteiger charge is -2.07. The molecule has 0 saturated heterocycles. The topological polar surface area (TPSA) is 69.6 Å². The lowest BCUT2D eigenvalue weighted by Crippen LogP contribution is -2.27. The first-order chi connectivity index (χ1) is 10.5. The summed E-state index contributed by atoms with van der Waals surface area (Å²) in [6.45, 7) is 0.297. The van der Waals surface area contributed by atoms with Gasteiger partial charge in [-0.05, 0) is 35.7 Å². The van der Waals surface area contributed by atoms with E-state index in [9.17, 15) is 23.8 Å². The van der Waals surface area contributed by atoms with Gasteiger partial charge < -0.3 is 15.5 Å². The van der Waals surface area contributed by atoms with Crippen LogP contribution in [0.2, 0.25) is 0 Å². The number of benzene rings is 2. The lowest BCUT2D eigenvalue weighted by atomic mass is 10.1. The number of phenols is 2. The van der Waals surface area contributed by atoms with E-state index in [0.29, 0.717) is 13.0 Å². The molecule has 0 radical (unpaired) electrons. The van der Waals surface area contributed by atoms with E-state index in [-0.39, 0.29) is 29.4 Å². The van der Waals surface area contributed by atoms with E-state index in [1.54, 1.807) is 6.07 Å². The van der Waals surface area contributed by atoms with Crippen LogP contribution in [0.25, 0.3) is 0 Å². The molecule has 0 spiro atoms. The molecule has 1 amide bonds. The molecule has 0 unspecified atom stereocenters. The summed E-state index contributed by atoms with van der Waals surface area (Å²) in [5.41, 5.74) is 0.866. The largest absolute Gasteiger partial charge is 0.504 e. The fraction of sp³-hybridized carbons (Fsp3) is 0.188. The van der Waals surface area contributed by atoms with Crippen molar-refractivity contribution in [2.45, 2.75) is 12.8 Å². The molecular formula is C16H15F2NO3. The number of hydrogen-bond donors (Lipinski definition) is 3. The minimum atomic E-state index is -0.751. The van der Waals surface area contributed by atoms with E-state index in [1.807, 2.05) is 0 Å². The van der Waals surface area contributed by atoms with Crippen LogP contribution in [0.1, 0.15) is 11.1 Å². The molecule has 4 nitrogen and oxygen atoms in total. The molecule has 0 aromatic heterocycles. The summed E-state index contributed by atoms with van der Waals surface area (Å²) in [7, 11) is 0. The van der Waals surface area contributed by atoms with Crippen LogP contribution in [-0.2, 0) is 17.6 Å². The monoisotopic (exact) mass is 307 g/mol. The minimum absolute atomic E-state index is 0.126. The molecule has 0 saturated carbocycles. The van der Waals surface area contributed by atoms with Crippen molar-refractivity contribution in [1.29, 1.82) is 0 Å². The number of amides is 1. The van der Waals surface area contributed by atoms with E-state index in [2.05, 4.69) is 5.32 Å². The van der Waals surface area contributed by atoms with Crippen LogP contribution >= 0.6 is 0 Å². The highest BCUT2D eigenvalue weighted by Gasteiger charge is 2.09. The Morgan fingerprint density at radius 3 is 2.50 bits per heavy atom. The molecule has 0 aliphatic rings. The number of hydrogen-bond acceptors (Lipinski definition) is 3. The Hall–Kier alpha value is -2.63. The first-order valence-corrected chi connectivity index (χ1v) is 6.67. The van der Waals surface area contributed by atoms with Gasteiger partial charge in [-0.1, -0.05) is 12.1 Å². The van der Waals surface area contributed by atoms with Gasteiger partial charge in [-0.2, -0.15) is 0 Å². The predicted octanol–water partition coefficient (Wildman–Crippen LogP) is 2.28. The van der Waals surface area contributed by atoms with Crippen molar-refractivity contribution in [3.63, 3.8) is 0 Å². The van der Waals surface area contributed by atoms with E-state index in [4.69, 9.17) is 0 Å². The van der Waals surface area contributed by atoms with Gasteiger partial charge in [0, 0.05) is 12.6 Å². The highest BCUT2D eigenvalue weighted by molar-refractivity contribution is 5.78. The fourth-order valence-corrected chi connectivity index (χ4v) is 1.97. The zero-order chi connectivity index (χ0) is 16.1. The maximum Gasteiger partial charge on any atom is 0.224 e. The van der Waals surface area contributed by atoms with Gasteiger partial charge in [0.1, 0.15) is 11.6 Å². The molecule has 0 heterocycles. The summed E-state index contributed by atoms with van der Waals surface area (Å²) in [6.07, 6.45) is 0.276. The summed E-state index contributed by atoms with van der Waals surface area (Å²) < 4.78 is 26.2. The summed E-state index contributed by atoms with van der Waals surface area (Å²) in [4.78, 5) is 11.7. The van der Waals surface area contributed by atoms with Crippen molar-refractivity contribution in [3.8, 4) is 11.5 Å². The highest BCUT2D eigenvalue weighted by Crippen LogP contribution is 2.24. The van der Waals surface area contributed by atoms with Crippen molar-refractivity contribution in [3.05, 3.63) is 59.2 Å². The van der Waals surface area contributed by atoms with Gasteiger partial charge in [-0.15, -0.1) is 0 Å². The molecule has 116 valence electrons. The van der Waals surface area contributed by atoms with Crippen LogP contribution in [0.3, 0.4) is 0 Å². The third-order valence-corrected chi connectivity index (χ3v) is 3.14. The van der Waals surface area contributed by atoms with Crippen molar-refractivity contribution >= 4 is 5.91 Å². The number of carbonyl (C=O) groups excluding carboxylic acids is 1. The van der Waals surface area contributed by atoms with Gasteiger partial charge in [0.25, 0.3) is 0 Å². The number of halogens is 2. The first-order valence-electron chi connectivity index (χ1n) is 6.67. The normalized spacial score (nSPS) is 10.5. The zero-order valence-corrected chi connectivity index (χ0v) is 11.6. The van der Waals surface area contributed by atoms with Crippen LogP contribution in [0.5, 0.6) is 11.5 Å². The molecule has 6 heteroatoms. The van der Waals surface area contributed by atoms with Gasteiger partial charge in [0.15, 0.2) is 11.5 Å². The zero-order valence-electron chi connectivity index (χ0n) is 11.6. The number of carbonyl (C=O) groups is 1. The van der Waals surface area contributed by atoms with Gasteiger partial charge in [-0.25, -0.2) is 8.78 Å². The predicted molar refractivity (Wildman–Crippen MR) is 76.5 cm³/mol. The van der Waals surface area contributed by atoms with E-state index < -0.39 is 11.6 Å². The molecule has 22 heavy (non-hydrogen) atoms. The second-order valence-corrected chi connectivity index (χ2v) is 4.84. The van der Waals surface area contributed by atoms with Gasteiger partial charge in [-0.3, -0.25) is 4.79 Å². The fourth-order valence-electron chi connectivity index (χ4n) is 1.97. The molecular weight excluding hydrogens is 292 g/mol. The van der Waals surface area contributed by atoms with E-state index in [1.165, 1.54) is 18.2 Å². The van der Waals surface area contributed by atoms with E-state index in [0.717, 1.165) is 17.7 Å². The molecule has 0 aliphatic heterocycles. The number of phenolic OH excluding ortho intramolecular Hbond substituents is 2. The van der Waals surface area contributed by atoms with Crippen LogP contribution in [0, 0.1) is 11.6 Å². The van der Waals surface area contributed by atoms with Gasteiger partial charge in [0.05, 0.1) is 6.42 Å². The van der Waals surface area contributed by atoms with Crippen molar-refractivity contribution in [2.24, 2.45) is 0 Å². The maximum atomic E-state index is 13.4. The lowest BCUT2D eigenvalue weighted by molar-refractivity contribution is -0.120. The Balaban J connectivity index is 1.83. The second kappa shape index (κ2) is 6.89. The molecule has 2 aromatic rings. The molecule has 0 fully saturated rings. The van der Waals surface area contributed by atoms with Crippen LogP contribution < -0.4 is 5.32 Å². The summed E-state index contributed by atoms with van der Waals surface area (Å²) in [6, 6.07) is 7.47. The average Bonchev–Trinajstić information content (AvgIpc) is 2.46. The summed E-state index contributed by atoms with van der Waals surface area (Å²) >= 11 is 0. The molecule has 3 N–H and O–H groups in total. The Bertz CT molecular complexity index is 689. The van der Waals surface area contributed by atoms with Crippen molar-refractivity contribution in [1.82, 2.24) is 5.32 Å². The first kappa shape index (κ1) is 15.8. The Labute approximate surface area is 126 Å². The van der Waals surface area contributed by atoms with Crippen LogP contribution in [-0.4, -0.2) is 22.7 Å². The van der Waals surface area contributed by atoms with Crippen molar-refractivity contribution < 1.29 is 23.8 Å². The highest BCUT2D eigenvalue weighted by atomic mass is 19.1. The number of aromatic hydroxyl groups is 2. The SMILES string of the molecule is O=C(Cc1ccc(F)cc1F)NCCc1ccc(O)c(O)c1. The molecule has 2 rings (SSSR count). The second-order valence-electron chi connectivity index (χ2n) is 4.84. The summed E-state index contributed by atoms with van der Waals surface area (Å²) in [5.74, 6) is -2.25. The quantitative estimate of drug-likeness (QED) is 0.742. The van der Waals surface area contributed by atoms with E-state index >= 15 is 0 Å². The summed E-state index contributed by atoms with van der Waals surface area (Å²) in [5, 5.41) is 21.1. The maximum absolute atomic E-state index is 13.4. The Kier molecular flexibility index (Phi) is 4.93. The third-order valence-electron chi connectivity index (χ3n) is 3.14. The number of nitrogens with one attached hydrogen (secondary N) is 1. The third kappa shape index (κ3) is 4.18. The number of rotatable bonds is 5. The standard InChI is InChI=1S/C16H15F2NO3/c17-12-3-2-11(13(18)9-12)8-16(22)19-6-5-10-1-4-14(20)15(21)7-10/h1-4,7,9,20-21H,5-6,8H2,(H,19,22). The van der Waals surface area contributed by atoms with Crippen molar-refractivity contribution in [2.75, 3.05) is 6.54 Å². The molecule has 0 atom stereocenters. The smallest absolute Gasteiger partial charge is 0.224 e. The Morgan fingerprint density at radius 2 is 1.82 bits per heavy atom. The van der Waals surface area contributed by atoms with Gasteiger partial charge in [0.2, 0.25) is 5.91 Å². The Morgan fingerprint density at radius 1 is 1.05 bits per heavy atom. The minimum Gasteiger partial charge on any atom is -0.504 e. The molecule has 0 bridgehead atoms. The van der Waals surface area contributed by atoms with Gasteiger partial charge >= 0.3 is 0 Å². The molecule has 2 aromatic carbocycles. The average molecular weight is 307 g/mol. The molecule has 0 aliphatic carbocycles. The van der Waals surface area contributed by atoms with Crippen LogP contribution in [0.15, 0.2) is 36.4 Å². The van der Waals surface area contributed by atoms with Crippen LogP contribution in [0.4, 0.5) is 8.78 Å².